The van der Waals surface area contributed by atoms with E-state index in [1.54, 1.807) is 31.2 Å². The highest BCUT2D eigenvalue weighted by molar-refractivity contribution is 5.93. The summed E-state index contributed by atoms with van der Waals surface area (Å²) >= 11 is 0. The number of hydrogen-bond acceptors (Lipinski definition) is 5. The van der Waals surface area contributed by atoms with Crippen molar-refractivity contribution in [1.82, 2.24) is 5.16 Å². The van der Waals surface area contributed by atoms with Crippen molar-refractivity contribution in [3.63, 3.8) is 0 Å². The molecule has 3 N–H and O–H groups in total. The second-order valence-corrected chi connectivity index (χ2v) is 4.05. The van der Waals surface area contributed by atoms with Crippen molar-refractivity contribution in [2.24, 2.45) is 5.73 Å². The molecule has 2 amide bonds. The molecule has 1 heterocycles. The zero-order valence-corrected chi connectivity index (χ0v) is 10.8. The van der Waals surface area contributed by atoms with Crippen LogP contribution in [0.15, 0.2) is 34.9 Å². The molecule has 7 heteroatoms. The van der Waals surface area contributed by atoms with Gasteiger partial charge < -0.3 is 20.3 Å². The highest BCUT2D eigenvalue weighted by atomic mass is 16.5. The predicted octanol–water partition coefficient (Wildman–Crippen LogP) is 1.10. The van der Waals surface area contributed by atoms with Crippen LogP contribution >= 0.6 is 0 Å². The smallest absolute Gasteiger partial charge is 0.263 e. The van der Waals surface area contributed by atoms with Gasteiger partial charge in [-0.05, 0) is 25.1 Å². The van der Waals surface area contributed by atoms with E-state index in [9.17, 15) is 9.59 Å². The van der Waals surface area contributed by atoms with E-state index in [4.69, 9.17) is 15.0 Å². The third-order valence-electron chi connectivity index (χ3n) is 2.38. The minimum Gasteiger partial charge on any atom is -0.484 e. The summed E-state index contributed by atoms with van der Waals surface area (Å²) in [5.41, 5.74) is 5.47. The number of aromatic nitrogens is 1. The first-order chi connectivity index (χ1) is 9.54. The lowest BCUT2D eigenvalue weighted by Crippen LogP contribution is -2.20. The van der Waals surface area contributed by atoms with Crippen molar-refractivity contribution >= 4 is 17.6 Å². The molecule has 2 aromatic rings. The molecular weight excluding hydrogens is 262 g/mol. The van der Waals surface area contributed by atoms with E-state index in [2.05, 4.69) is 10.5 Å². The lowest BCUT2D eigenvalue weighted by molar-refractivity contribution is -0.118. The Hall–Kier alpha value is -2.83. The maximum atomic E-state index is 11.6. The SMILES string of the molecule is Cc1cc(NC(=O)COc2cccc(C(N)=O)c2)no1. The summed E-state index contributed by atoms with van der Waals surface area (Å²) in [4.78, 5) is 22.6. The van der Waals surface area contributed by atoms with E-state index in [0.29, 0.717) is 22.9 Å². The Morgan fingerprint density at radius 2 is 2.20 bits per heavy atom. The first-order valence-electron chi connectivity index (χ1n) is 5.80. The van der Waals surface area contributed by atoms with Gasteiger partial charge in [0.25, 0.3) is 5.91 Å². The van der Waals surface area contributed by atoms with Crippen LogP contribution in [0, 0.1) is 6.92 Å². The first-order valence-corrected chi connectivity index (χ1v) is 5.80. The molecule has 0 bridgehead atoms. The summed E-state index contributed by atoms with van der Waals surface area (Å²) in [5.74, 6) is 0.353. The Morgan fingerprint density at radius 1 is 1.40 bits per heavy atom. The van der Waals surface area contributed by atoms with Gasteiger partial charge >= 0.3 is 0 Å². The Kier molecular flexibility index (Phi) is 3.99. The van der Waals surface area contributed by atoms with E-state index in [1.807, 2.05) is 0 Å². The number of primary amides is 1. The average molecular weight is 275 g/mol. The van der Waals surface area contributed by atoms with E-state index in [0.717, 1.165) is 0 Å². The number of aryl methyl sites for hydroxylation is 1. The zero-order chi connectivity index (χ0) is 14.5. The zero-order valence-electron chi connectivity index (χ0n) is 10.8. The summed E-state index contributed by atoms with van der Waals surface area (Å²) in [7, 11) is 0. The minimum absolute atomic E-state index is 0.214. The van der Waals surface area contributed by atoms with Crippen molar-refractivity contribution in [1.29, 1.82) is 0 Å². The quantitative estimate of drug-likeness (QED) is 0.849. The Labute approximate surface area is 114 Å². The summed E-state index contributed by atoms with van der Waals surface area (Å²) < 4.78 is 10.1. The second kappa shape index (κ2) is 5.87. The van der Waals surface area contributed by atoms with Gasteiger partial charge in [0.1, 0.15) is 11.5 Å². The van der Waals surface area contributed by atoms with Crippen molar-refractivity contribution in [3.8, 4) is 5.75 Å². The third-order valence-corrected chi connectivity index (χ3v) is 2.38. The number of carbonyl (C=O) groups excluding carboxylic acids is 2. The van der Waals surface area contributed by atoms with Crippen molar-refractivity contribution in [2.75, 3.05) is 11.9 Å². The van der Waals surface area contributed by atoms with E-state index in [-0.39, 0.29) is 12.5 Å². The van der Waals surface area contributed by atoms with Crippen LogP contribution in [0.4, 0.5) is 5.82 Å². The predicted molar refractivity (Wildman–Crippen MR) is 70.3 cm³/mol. The molecule has 1 aromatic carbocycles. The number of nitrogens with zero attached hydrogens (tertiary/aromatic N) is 1. The number of benzene rings is 1. The molecule has 0 spiro atoms. The Bertz CT molecular complexity index is 636. The van der Waals surface area contributed by atoms with Crippen LogP contribution in [-0.2, 0) is 4.79 Å². The summed E-state index contributed by atoms with van der Waals surface area (Å²) in [6.07, 6.45) is 0. The van der Waals surface area contributed by atoms with Crippen LogP contribution in [-0.4, -0.2) is 23.6 Å². The Morgan fingerprint density at radius 3 is 2.85 bits per heavy atom. The molecule has 0 fully saturated rings. The number of nitrogens with two attached hydrogens (primary N) is 1. The average Bonchev–Trinajstić information content (AvgIpc) is 2.82. The topological polar surface area (TPSA) is 107 Å². The maximum absolute atomic E-state index is 11.6. The number of nitrogens with one attached hydrogen (secondary N) is 1. The van der Waals surface area contributed by atoms with Gasteiger partial charge in [-0.1, -0.05) is 11.2 Å². The Balaban J connectivity index is 1.90. The van der Waals surface area contributed by atoms with E-state index in [1.165, 1.54) is 6.07 Å². The number of anilines is 1. The fourth-order valence-corrected chi connectivity index (χ4v) is 1.49. The molecular formula is C13H13N3O4. The monoisotopic (exact) mass is 275 g/mol. The van der Waals surface area contributed by atoms with Gasteiger partial charge in [-0.25, -0.2) is 0 Å². The minimum atomic E-state index is -0.557. The standard InChI is InChI=1S/C13H13N3O4/c1-8-5-11(16-20-8)15-12(17)7-19-10-4-2-3-9(6-10)13(14)18/h2-6H,7H2,1H3,(H2,14,18)(H,15,16,17). The molecule has 20 heavy (non-hydrogen) atoms. The van der Waals surface area contributed by atoms with Crippen molar-refractivity contribution in [3.05, 3.63) is 41.7 Å². The molecule has 0 atom stereocenters. The molecule has 0 saturated carbocycles. The molecule has 0 saturated heterocycles. The molecule has 2 rings (SSSR count). The molecule has 0 aliphatic rings. The van der Waals surface area contributed by atoms with Crippen LogP contribution in [0.3, 0.4) is 0 Å². The van der Waals surface area contributed by atoms with Crippen molar-refractivity contribution in [2.45, 2.75) is 6.92 Å². The van der Waals surface area contributed by atoms with E-state index < -0.39 is 5.91 Å². The first kappa shape index (κ1) is 13.6. The molecule has 0 radical (unpaired) electrons. The molecule has 0 aliphatic heterocycles. The highest BCUT2D eigenvalue weighted by Crippen LogP contribution is 2.13. The lowest BCUT2D eigenvalue weighted by atomic mass is 10.2. The van der Waals surface area contributed by atoms with Crippen LogP contribution in [0.25, 0.3) is 0 Å². The highest BCUT2D eigenvalue weighted by Gasteiger charge is 2.08. The number of hydrogen-bond donors (Lipinski definition) is 2. The number of amides is 2. The number of carbonyl (C=O) groups is 2. The van der Waals surface area contributed by atoms with Gasteiger partial charge in [-0.15, -0.1) is 0 Å². The fourth-order valence-electron chi connectivity index (χ4n) is 1.49. The molecule has 7 nitrogen and oxygen atoms in total. The third kappa shape index (κ3) is 3.58. The maximum Gasteiger partial charge on any atom is 0.263 e. The number of rotatable bonds is 5. The van der Waals surface area contributed by atoms with Gasteiger partial charge in [0, 0.05) is 11.6 Å². The normalized spacial score (nSPS) is 10.1. The molecule has 104 valence electrons. The van der Waals surface area contributed by atoms with Gasteiger partial charge in [0.2, 0.25) is 5.91 Å². The fraction of sp³-hybridized carbons (Fsp3) is 0.154. The summed E-state index contributed by atoms with van der Waals surface area (Å²) in [6.45, 7) is 1.50. The van der Waals surface area contributed by atoms with Crippen LogP contribution in [0.5, 0.6) is 5.75 Å². The van der Waals surface area contributed by atoms with Gasteiger partial charge in [0.05, 0.1) is 0 Å². The molecule has 0 aliphatic carbocycles. The van der Waals surface area contributed by atoms with Gasteiger partial charge in [-0.2, -0.15) is 0 Å². The molecule has 1 aromatic heterocycles. The van der Waals surface area contributed by atoms with Crippen molar-refractivity contribution < 1.29 is 18.8 Å². The summed E-state index contributed by atoms with van der Waals surface area (Å²) in [5, 5.41) is 6.13. The van der Waals surface area contributed by atoms with E-state index >= 15 is 0 Å². The van der Waals surface area contributed by atoms with Crippen LogP contribution in [0.2, 0.25) is 0 Å². The largest absolute Gasteiger partial charge is 0.484 e. The lowest BCUT2D eigenvalue weighted by Gasteiger charge is -2.06. The summed E-state index contributed by atoms with van der Waals surface area (Å²) in [6, 6.07) is 7.86. The second-order valence-electron chi connectivity index (χ2n) is 4.05. The van der Waals surface area contributed by atoms with Gasteiger partial charge in [0.15, 0.2) is 12.4 Å². The molecule has 0 unspecified atom stereocenters. The van der Waals surface area contributed by atoms with Crippen LogP contribution in [0.1, 0.15) is 16.1 Å². The van der Waals surface area contributed by atoms with Gasteiger partial charge in [-0.3, -0.25) is 9.59 Å². The van der Waals surface area contributed by atoms with Crippen LogP contribution < -0.4 is 15.8 Å². The number of ether oxygens (including phenoxy) is 1.